The quantitative estimate of drug-likeness (QED) is 0.178. The van der Waals surface area contributed by atoms with Gasteiger partial charge in [-0.3, -0.25) is 0 Å². The van der Waals surface area contributed by atoms with Crippen LogP contribution in [-0.4, -0.2) is 9.13 Å². The molecular formula is C48H32N2. The van der Waals surface area contributed by atoms with Gasteiger partial charge < -0.3 is 9.13 Å². The number of rotatable bonds is 5. The minimum Gasteiger partial charge on any atom is -0.309 e. The normalized spacial score (nSPS) is 11.6. The number of nitrogens with zero attached hydrogens (tertiary/aromatic N) is 2. The molecule has 234 valence electrons. The minimum atomic E-state index is 1.15. The summed E-state index contributed by atoms with van der Waals surface area (Å²) in [6.45, 7) is 0. The number of benzene rings is 8. The molecule has 10 rings (SSSR count). The third-order valence-corrected chi connectivity index (χ3v) is 10.1. The standard InChI is InChI=1S/C48H32N2/c1-3-11-37-29-41(19-17-33(37)9-1)47-31-39-13-5-7-15-45(39)49(47)43-25-21-35(22-26-43)36-23-27-44(28-24-36)50-46-16-8-6-14-40(46)32-48(50)42-20-18-34-10-2-4-12-38(34)30-42/h1-32H. The Morgan fingerprint density at radius 1 is 0.240 bits per heavy atom. The summed E-state index contributed by atoms with van der Waals surface area (Å²) in [4.78, 5) is 0. The molecule has 2 nitrogen and oxygen atoms in total. The average Bonchev–Trinajstić information content (AvgIpc) is 3.77. The molecule has 2 heterocycles. The zero-order valence-corrected chi connectivity index (χ0v) is 27.4. The van der Waals surface area contributed by atoms with Gasteiger partial charge in [0.1, 0.15) is 0 Å². The van der Waals surface area contributed by atoms with E-state index in [1.807, 2.05) is 0 Å². The molecule has 50 heavy (non-hydrogen) atoms. The average molecular weight is 637 g/mol. The van der Waals surface area contributed by atoms with Gasteiger partial charge in [-0.2, -0.15) is 0 Å². The van der Waals surface area contributed by atoms with E-state index in [1.165, 1.54) is 77.0 Å². The van der Waals surface area contributed by atoms with Gasteiger partial charge in [0.05, 0.1) is 22.4 Å². The molecule has 0 spiro atoms. The first kappa shape index (κ1) is 28.4. The van der Waals surface area contributed by atoms with E-state index in [9.17, 15) is 0 Å². The van der Waals surface area contributed by atoms with Crippen LogP contribution in [0, 0.1) is 0 Å². The van der Waals surface area contributed by atoms with Crippen molar-refractivity contribution in [2.45, 2.75) is 0 Å². The van der Waals surface area contributed by atoms with E-state index in [1.54, 1.807) is 0 Å². The molecule has 2 aromatic heterocycles. The lowest BCUT2D eigenvalue weighted by Gasteiger charge is -2.14. The minimum absolute atomic E-state index is 1.15. The van der Waals surface area contributed by atoms with E-state index in [0.717, 1.165) is 11.4 Å². The lowest BCUT2D eigenvalue weighted by molar-refractivity contribution is 1.13. The summed E-state index contributed by atoms with van der Waals surface area (Å²) < 4.78 is 4.77. The second kappa shape index (κ2) is 11.5. The Morgan fingerprint density at radius 2 is 0.580 bits per heavy atom. The monoisotopic (exact) mass is 636 g/mol. The summed E-state index contributed by atoms with van der Waals surface area (Å²) in [5.74, 6) is 0. The van der Waals surface area contributed by atoms with E-state index in [2.05, 4.69) is 203 Å². The van der Waals surface area contributed by atoms with E-state index >= 15 is 0 Å². The van der Waals surface area contributed by atoms with Crippen LogP contribution in [0.2, 0.25) is 0 Å². The van der Waals surface area contributed by atoms with Gasteiger partial charge in [-0.1, -0.05) is 133 Å². The smallest absolute Gasteiger partial charge is 0.0541 e. The number of aromatic nitrogens is 2. The van der Waals surface area contributed by atoms with E-state index in [4.69, 9.17) is 0 Å². The van der Waals surface area contributed by atoms with Crippen LogP contribution in [-0.2, 0) is 0 Å². The van der Waals surface area contributed by atoms with Crippen molar-refractivity contribution in [3.05, 3.63) is 194 Å². The second-order valence-electron chi connectivity index (χ2n) is 13.1. The molecular weight excluding hydrogens is 605 g/mol. The Balaban J connectivity index is 1.02. The molecule has 0 atom stereocenters. The maximum atomic E-state index is 2.39. The molecule has 0 aliphatic rings. The highest BCUT2D eigenvalue weighted by Gasteiger charge is 2.15. The van der Waals surface area contributed by atoms with Gasteiger partial charge in [-0.05, 0) is 104 Å². The predicted octanol–water partition coefficient (Wildman–Crippen LogP) is 12.9. The Hall–Kier alpha value is -6.64. The molecule has 0 N–H and O–H groups in total. The van der Waals surface area contributed by atoms with Crippen LogP contribution in [0.15, 0.2) is 194 Å². The van der Waals surface area contributed by atoms with E-state index < -0.39 is 0 Å². The fraction of sp³-hybridized carbons (Fsp3) is 0. The maximum Gasteiger partial charge on any atom is 0.0541 e. The summed E-state index contributed by atoms with van der Waals surface area (Å²) in [7, 11) is 0. The SMILES string of the molecule is c1ccc2cc(-c3cc4ccccc4n3-c3ccc(-c4ccc(-n5c(-c6ccc7ccccc7c6)cc6ccccc65)cc4)cc3)ccc2c1. The highest BCUT2D eigenvalue weighted by Crippen LogP contribution is 2.36. The summed E-state index contributed by atoms with van der Waals surface area (Å²) in [6.07, 6.45) is 0. The van der Waals surface area contributed by atoms with Gasteiger partial charge in [0, 0.05) is 22.1 Å². The third-order valence-electron chi connectivity index (χ3n) is 10.1. The molecule has 0 unspecified atom stereocenters. The zero-order valence-electron chi connectivity index (χ0n) is 27.4. The molecule has 10 aromatic rings. The van der Waals surface area contributed by atoms with Crippen molar-refractivity contribution in [3.8, 4) is 45.0 Å². The Bertz CT molecular complexity index is 2650. The molecule has 0 fully saturated rings. The fourth-order valence-corrected chi connectivity index (χ4v) is 7.59. The van der Waals surface area contributed by atoms with Crippen molar-refractivity contribution < 1.29 is 0 Å². The summed E-state index contributed by atoms with van der Waals surface area (Å²) >= 11 is 0. The fourth-order valence-electron chi connectivity index (χ4n) is 7.59. The lowest BCUT2D eigenvalue weighted by Crippen LogP contribution is -1.97. The maximum absolute atomic E-state index is 2.39. The number of hydrogen-bond acceptors (Lipinski definition) is 0. The van der Waals surface area contributed by atoms with Crippen LogP contribution >= 0.6 is 0 Å². The number of fused-ring (bicyclic) bond motifs is 4. The van der Waals surface area contributed by atoms with Crippen molar-refractivity contribution in [3.63, 3.8) is 0 Å². The van der Waals surface area contributed by atoms with Crippen LogP contribution < -0.4 is 0 Å². The van der Waals surface area contributed by atoms with E-state index in [-0.39, 0.29) is 0 Å². The van der Waals surface area contributed by atoms with Crippen molar-refractivity contribution in [2.75, 3.05) is 0 Å². The van der Waals surface area contributed by atoms with Gasteiger partial charge >= 0.3 is 0 Å². The van der Waals surface area contributed by atoms with Crippen molar-refractivity contribution in [2.24, 2.45) is 0 Å². The molecule has 0 amide bonds. The topological polar surface area (TPSA) is 9.86 Å². The third kappa shape index (κ3) is 4.73. The Kier molecular flexibility index (Phi) is 6.53. The van der Waals surface area contributed by atoms with Gasteiger partial charge in [0.15, 0.2) is 0 Å². The van der Waals surface area contributed by atoms with Gasteiger partial charge in [0.25, 0.3) is 0 Å². The lowest BCUT2D eigenvalue weighted by atomic mass is 10.0. The molecule has 0 saturated heterocycles. The molecule has 8 aromatic carbocycles. The van der Waals surface area contributed by atoms with Gasteiger partial charge in [-0.15, -0.1) is 0 Å². The highest BCUT2D eigenvalue weighted by atomic mass is 15.0. The second-order valence-corrected chi connectivity index (χ2v) is 13.1. The van der Waals surface area contributed by atoms with Crippen molar-refractivity contribution in [1.82, 2.24) is 9.13 Å². The first-order valence-corrected chi connectivity index (χ1v) is 17.2. The Labute approximate surface area is 290 Å². The van der Waals surface area contributed by atoms with Crippen molar-refractivity contribution in [1.29, 1.82) is 0 Å². The molecule has 0 saturated carbocycles. The van der Waals surface area contributed by atoms with Gasteiger partial charge in [-0.25, -0.2) is 0 Å². The first-order valence-electron chi connectivity index (χ1n) is 17.2. The van der Waals surface area contributed by atoms with Crippen LogP contribution in [0.5, 0.6) is 0 Å². The summed E-state index contributed by atoms with van der Waals surface area (Å²) in [6, 6.07) is 70.5. The molecule has 2 heteroatoms. The summed E-state index contributed by atoms with van der Waals surface area (Å²) in [5, 5.41) is 7.47. The van der Waals surface area contributed by atoms with Crippen LogP contribution in [0.25, 0.3) is 88.4 Å². The summed E-state index contributed by atoms with van der Waals surface area (Å²) in [5.41, 5.74) is 11.9. The molecule has 0 radical (unpaired) electrons. The predicted molar refractivity (Wildman–Crippen MR) is 211 cm³/mol. The first-order chi connectivity index (χ1) is 24.8. The van der Waals surface area contributed by atoms with Crippen LogP contribution in [0.4, 0.5) is 0 Å². The zero-order chi connectivity index (χ0) is 33.0. The molecule has 0 aliphatic carbocycles. The molecule has 0 aliphatic heterocycles. The highest BCUT2D eigenvalue weighted by molar-refractivity contribution is 5.94. The van der Waals surface area contributed by atoms with Crippen LogP contribution in [0.1, 0.15) is 0 Å². The largest absolute Gasteiger partial charge is 0.309 e. The van der Waals surface area contributed by atoms with Crippen molar-refractivity contribution >= 4 is 43.4 Å². The van der Waals surface area contributed by atoms with Gasteiger partial charge in [0.2, 0.25) is 0 Å². The number of para-hydroxylation sites is 2. The molecule has 0 bridgehead atoms. The number of hydrogen-bond donors (Lipinski definition) is 0. The Morgan fingerprint density at radius 3 is 1.00 bits per heavy atom. The van der Waals surface area contributed by atoms with E-state index in [0.29, 0.717) is 0 Å². The van der Waals surface area contributed by atoms with Crippen LogP contribution in [0.3, 0.4) is 0 Å².